The lowest BCUT2D eigenvalue weighted by Crippen LogP contribution is -2.36. The summed E-state index contributed by atoms with van der Waals surface area (Å²) in [5.74, 6) is -1.12. The number of halogens is 1. The fourth-order valence-electron chi connectivity index (χ4n) is 2.20. The smallest absolute Gasteiger partial charge is 0.326 e. The maximum absolute atomic E-state index is 11.1. The number of hydrogen-bond donors (Lipinski definition) is 2. The van der Waals surface area contributed by atoms with Gasteiger partial charge in [0.2, 0.25) is 0 Å². The van der Waals surface area contributed by atoms with Gasteiger partial charge in [-0.15, -0.1) is 0 Å². The van der Waals surface area contributed by atoms with Gasteiger partial charge in [-0.2, -0.15) is 0 Å². The van der Waals surface area contributed by atoms with Gasteiger partial charge >= 0.3 is 5.97 Å². The highest BCUT2D eigenvalue weighted by molar-refractivity contribution is 6.30. The van der Waals surface area contributed by atoms with Crippen LogP contribution in [0.15, 0.2) is 18.2 Å². The maximum Gasteiger partial charge on any atom is 0.326 e. The summed E-state index contributed by atoms with van der Waals surface area (Å²) >= 11 is 5.71. The molecule has 0 amide bonds. The zero-order valence-corrected chi connectivity index (χ0v) is 10.4. The molecule has 7 nitrogen and oxygen atoms in total. The monoisotopic (exact) mass is 286 g/mol. The summed E-state index contributed by atoms with van der Waals surface area (Å²) in [5.41, 5.74) is -0.119. The topological polar surface area (TPSA) is 104 Å². The van der Waals surface area contributed by atoms with E-state index in [4.69, 9.17) is 16.7 Å². The normalized spacial score (nSPS) is 22.5. The lowest BCUT2D eigenvalue weighted by Gasteiger charge is -2.23. The molecule has 0 spiro atoms. The Balaban J connectivity index is 2.46. The number of aliphatic hydroxyl groups is 1. The van der Waals surface area contributed by atoms with Gasteiger partial charge in [-0.25, -0.2) is 4.79 Å². The summed E-state index contributed by atoms with van der Waals surface area (Å²) in [6.07, 6.45) is -0.786. The van der Waals surface area contributed by atoms with Crippen LogP contribution < -0.4 is 4.90 Å². The molecule has 1 aliphatic heterocycles. The number of carboxylic acids is 1. The molecule has 1 heterocycles. The number of benzene rings is 1. The van der Waals surface area contributed by atoms with Gasteiger partial charge in [0.25, 0.3) is 5.69 Å². The van der Waals surface area contributed by atoms with Gasteiger partial charge in [-0.05, 0) is 12.1 Å². The largest absolute Gasteiger partial charge is 0.480 e. The minimum Gasteiger partial charge on any atom is -0.480 e. The van der Waals surface area contributed by atoms with Crippen molar-refractivity contribution >= 4 is 28.9 Å². The summed E-state index contributed by atoms with van der Waals surface area (Å²) in [5, 5.41) is 29.9. The summed E-state index contributed by atoms with van der Waals surface area (Å²) < 4.78 is 0. The number of nitro benzene ring substituents is 1. The first-order chi connectivity index (χ1) is 8.90. The molecule has 2 rings (SSSR count). The van der Waals surface area contributed by atoms with Crippen LogP contribution in [0, 0.1) is 10.1 Å². The Kier molecular flexibility index (Phi) is 3.59. The van der Waals surface area contributed by atoms with Crippen molar-refractivity contribution in [3.05, 3.63) is 33.3 Å². The van der Waals surface area contributed by atoms with Crippen molar-refractivity contribution in [1.82, 2.24) is 0 Å². The van der Waals surface area contributed by atoms with Crippen molar-refractivity contribution in [2.45, 2.75) is 18.6 Å². The second-order valence-electron chi connectivity index (χ2n) is 4.29. The van der Waals surface area contributed by atoms with Crippen molar-refractivity contribution < 1.29 is 19.9 Å². The average Bonchev–Trinajstić information content (AvgIpc) is 2.71. The van der Waals surface area contributed by atoms with Gasteiger partial charge in [0, 0.05) is 24.1 Å². The Morgan fingerprint density at radius 2 is 2.21 bits per heavy atom. The van der Waals surface area contributed by atoms with Crippen LogP contribution in [0.1, 0.15) is 6.42 Å². The van der Waals surface area contributed by atoms with Crippen LogP contribution in [0.25, 0.3) is 0 Å². The van der Waals surface area contributed by atoms with Crippen LogP contribution in [-0.2, 0) is 4.79 Å². The van der Waals surface area contributed by atoms with E-state index in [0.29, 0.717) is 0 Å². The lowest BCUT2D eigenvalue weighted by molar-refractivity contribution is -0.384. The van der Waals surface area contributed by atoms with Crippen molar-refractivity contribution in [1.29, 1.82) is 0 Å². The van der Waals surface area contributed by atoms with E-state index in [1.807, 2.05) is 0 Å². The molecule has 0 aromatic heterocycles. The Morgan fingerprint density at radius 3 is 2.79 bits per heavy atom. The number of nitro groups is 1. The van der Waals surface area contributed by atoms with Crippen LogP contribution in [0.4, 0.5) is 11.4 Å². The second-order valence-corrected chi connectivity index (χ2v) is 4.72. The number of aliphatic hydroxyl groups excluding tert-OH is 1. The molecule has 8 heteroatoms. The van der Waals surface area contributed by atoms with E-state index in [9.17, 15) is 20.0 Å². The summed E-state index contributed by atoms with van der Waals surface area (Å²) in [7, 11) is 0. The van der Waals surface area contributed by atoms with Crippen LogP contribution in [0.3, 0.4) is 0 Å². The summed E-state index contributed by atoms with van der Waals surface area (Å²) in [6, 6.07) is 3.04. The molecule has 0 aliphatic carbocycles. The molecule has 1 saturated heterocycles. The Hall–Kier alpha value is -1.86. The van der Waals surface area contributed by atoms with Crippen molar-refractivity contribution in [2.24, 2.45) is 0 Å². The van der Waals surface area contributed by atoms with E-state index in [2.05, 4.69) is 0 Å². The van der Waals surface area contributed by atoms with E-state index < -0.39 is 23.0 Å². The fourth-order valence-corrected chi connectivity index (χ4v) is 2.37. The second kappa shape index (κ2) is 5.02. The van der Waals surface area contributed by atoms with Gasteiger partial charge in [-0.1, -0.05) is 11.6 Å². The van der Waals surface area contributed by atoms with E-state index in [1.165, 1.54) is 23.1 Å². The number of carboxylic acid groups (broad SMARTS) is 1. The zero-order chi connectivity index (χ0) is 14.2. The van der Waals surface area contributed by atoms with Crippen molar-refractivity contribution in [2.75, 3.05) is 11.4 Å². The quantitative estimate of drug-likeness (QED) is 0.640. The number of rotatable bonds is 3. The predicted molar refractivity (Wildman–Crippen MR) is 67.5 cm³/mol. The fraction of sp³-hybridized carbons (Fsp3) is 0.364. The zero-order valence-electron chi connectivity index (χ0n) is 9.69. The Morgan fingerprint density at radius 1 is 1.53 bits per heavy atom. The number of hydrogen-bond acceptors (Lipinski definition) is 5. The predicted octanol–water partition coefficient (Wildman–Crippen LogP) is 1.27. The minimum absolute atomic E-state index is 0.0368. The molecule has 102 valence electrons. The Bertz CT molecular complexity index is 536. The van der Waals surface area contributed by atoms with E-state index in [1.54, 1.807) is 0 Å². The first kappa shape index (κ1) is 13.6. The third-order valence-corrected chi connectivity index (χ3v) is 3.24. The molecule has 19 heavy (non-hydrogen) atoms. The number of β-amino-alcohol motifs (C(OH)–C–C–N with tert-alkyl or cyclic N) is 1. The highest BCUT2D eigenvalue weighted by Gasteiger charge is 2.38. The molecule has 1 aromatic carbocycles. The van der Waals surface area contributed by atoms with E-state index in [-0.39, 0.29) is 29.4 Å². The highest BCUT2D eigenvalue weighted by Crippen LogP contribution is 2.35. The molecule has 2 N–H and O–H groups in total. The Labute approximate surface area is 113 Å². The first-order valence-electron chi connectivity index (χ1n) is 5.51. The van der Waals surface area contributed by atoms with Gasteiger partial charge in [0.15, 0.2) is 0 Å². The molecular formula is C11H11ClN2O5. The van der Waals surface area contributed by atoms with Crippen LogP contribution >= 0.6 is 11.6 Å². The molecule has 2 atom stereocenters. The minimum atomic E-state index is -1.12. The van der Waals surface area contributed by atoms with Crippen molar-refractivity contribution in [3.8, 4) is 0 Å². The van der Waals surface area contributed by atoms with Gasteiger partial charge in [0.1, 0.15) is 11.7 Å². The molecule has 1 fully saturated rings. The standard InChI is InChI=1S/C11H11ClN2O5/c12-6-1-2-8(9(3-6)14(18)19)13-5-7(15)4-10(13)11(16)17/h1-3,7,10,15H,4-5H2,(H,16,17). The summed E-state index contributed by atoms with van der Waals surface area (Å²) in [6.45, 7) is 0.0411. The molecule has 0 radical (unpaired) electrons. The van der Waals surface area contributed by atoms with E-state index in [0.717, 1.165) is 0 Å². The summed E-state index contributed by atoms with van der Waals surface area (Å²) in [4.78, 5) is 22.8. The molecule has 2 unspecified atom stereocenters. The van der Waals surface area contributed by atoms with Gasteiger partial charge in [-0.3, -0.25) is 10.1 Å². The first-order valence-corrected chi connectivity index (χ1v) is 5.89. The molecule has 1 aromatic rings. The number of anilines is 1. The molecule has 1 aliphatic rings. The van der Waals surface area contributed by atoms with Gasteiger partial charge in [0.05, 0.1) is 11.0 Å². The number of nitrogens with zero attached hydrogens (tertiary/aromatic N) is 2. The lowest BCUT2D eigenvalue weighted by atomic mass is 10.2. The molecular weight excluding hydrogens is 276 g/mol. The third kappa shape index (κ3) is 2.61. The van der Waals surface area contributed by atoms with Crippen LogP contribution in [0.5, 0.6) is 0 Å². The van der Waals surface area contributed by atoms with Crippen molar-refractivity contribution in [3.63, 3.8) is 0 Å². The number of carbonyl (C=O) groups is 1. The average molecular weight is 287 g/mol. The SMILES string of the molecule is O=C(O)C1CC(O)CN1c1ccc(Cl)cc1[N+](=O)[O-]. The number of aliphatic carboxylic acids is 1. The highest BCUT2D eigenvalue weighted by atomic mass is 35.5. The molecule has 0 bridgehead atoms. The maximum atomic E-state index is 11.1. The van der Waals surface area contributed by atoms with Crippen LogP contribution in [0.2, 0.25) is 5.02 Å². The van der Waals surface area contributed by atoms with Gasteiger partial charge < -0.3 is 15.1 Å². The molecule has 0 saturated carbocycles. The van der Waals surface area contributed by atoms with Crippen LogP contribution in [-0.4, -0.2) is 39.8 Å². The third-order valence-electron chi connectivity index (χ3n) is 3.01. The van der Waals surface area contributed by atoms with E-state index >= 15 is 0 Å².